The van der Waals surface area contributed by atoms with E-state index in [9.17, 15) is 4.79 Å². The standard InChI is InChI=1S/C14H19NO/c1-4-5-6-10-15-14(16)13-9-7-8-11(2)12(13)3/h4-5,7-9H,6,10H2,1-3H3,(H,15,16)/b5-4+. The molecule has 0 atom stereocenters. The molecule has 86 valence electrons. The van der Waals surface area contributed by atoms with Gasteiger partial charge in [-0.3, -0.25) is 4.79 Å². The minimum absolute atomic E-state index is 0.0192. The molecule has 0 unspecified atom stereocenters. The highest BCUT2D eigenvalue weighted by Crippen LogP contribution is 2.12. The monoisotopic (exact) mass is 217 g/mol. The van der Waals surface area contributed by atoms with Crippen molar-refractivity contribution < 1.29 is 4.79 Å². The predicted octanol–water partition coefficient (Wildman–Crippen LogP) is 3.00. The molecule has 0 aliphatic carbocycles. The molecule has 0 spiro atoms. The highest BCUT2D eigenvalue weighted by atomic mass is 16.1. The normalized spacial score (nSPS) is 10.7. The Morgan fingerprint density at radius 1 is 1.38 bits per heavy atom. The lowest BCUT2D eigenvalue weighted by Gasteiger charge is -2.08. The van der Waals surface area contributed by atoms with Gasteiger partial charge in [0.25, 0.3) is 5.91 Å². The Balaban J connectivity index is 2.63. The van der Waals surface area contributed by atoms with Gasteiger partial charge < -0.3 is 5.32 Å². The first kappa shape index (κ1) is 12.5. The van der Waals surface area contributed by atoms with Crippen LogP contribution in [-0.4, -0.2) is 12.5 Å². The Morgan fingerprint density at radius 2 is 2.12 bits per heavy atom. The van der Waals surface area contributed by atoms with Crippen molar-refractivity contribution in [2.24, 2.45) is 0 Å². The van der Waals surface area contributed by atoms with Gasteiger partial charge >= 0.3 is 0 Å². The zero-order valence-corrected chi connectivity index (χ0v) is 10.2. The molecular formula is C14H19NO. The molecule has 0 fully saturated rings. The van der Waals surface area contributed by atoms with E-state index in [4.69, 9.17) is 0 Å². The van der Waals surface area contributed by atoms with Crippen molar-refractivity contribution in [3.05, 3.63) is 47.0 Å². The van der Waals surface area contributed by atoms with Crippen molar-refractivity contribution in [3.8, 4) is 0 Å². The molecule has 0 aromatic heterocycles. The van der Waals surface area contributed by atoms with Gasteiger partial charge in [-0.05, 0) is 44.4 Å². The van der Waals surface area contributed by atoms with Crippen LogP contribution >= 0.6 is 0 Å². The second-order valence-electron chi connectivity index (χ2n) is 3.86. The van der Waals surface area contributed by atoms with Crippen LogP contribution in [0.2, 0.25) is 0 Å². The lowest BCUT2D eigenvalue weighted by Crippen LogP contribution is -2.25. The van der Waals surface area contributed by atoms with Crippen molar-refractivity contribution >= 4 is 5.91 Å². The molecule has 1 aromatic rings. The fourth-order valence-corrected chi connectivity index (χ4v) is 1.53. The van der Waals surface area contributed by atoms with Crippen molar-refractivity contribution in [1.82, 2.24) is 5.32 Å². The summed E-state index contributed by atoms with van der Waals surface area (Å²) >= 11 is 0. The van der Waals surface area contributed by atoms with E-state index in [0.29, 0.717) is 6.54 Å². The number of nitrogens with one attached hydrogen (secondary N) is 1. The molecule has 1 aromatic carbocycles. The lowest BCUT2D eigenvalue weighted by molar-refractivity contribution is 0.0953. The lowest BCUT2D eigenvalue weighted by atomic mass is 10.0. The number of aryl methyl sites for hydroxylation is 1. The van der Waals surface area contributed by atoms with Gasteiger partial charge in [0.05, 0.1) is 0 Å². The highest BCUT2D eigenvalue weighted by Gasteiger charge is 2.08. The van der Waals surface area contributed by atoms with E-state index in [1.54, 1.807) is 0 Å². The molecule has 1 amide bonds. The largest absolute Gasteiger partial charge is 0.352 e. The first-order valence-corrected chi connectivity index (χ1v) is 5.62. The molecule has 1 N–H and O–H groups in total. The molecule has 0 bridgehead atoms. The number of carbonyl (C=O) groups excluding carboxylic acids is 1. The molecule has 0 aliphatic heterocycles. The summed E-state index contributed by atoms with van der Waals surface area (Å²) in [7, 11) is 0. The molecular weight excluding hydrogens is 198 g/mol. The smallest absolute Gasteiger partial charge is 0.251 e. The third-order valence-electron chi connectivity index (χ3n) is 2.68. The molecule has 2 nitrogen and oxygen atoms in total. The van der Waals surface area contributed by atoms with E-state index in [2.05, 4.69) is 5.32 Å². The topological polar surface area (TPSA) is 29.1 Å². The Bertz CT molecular complexity index is 394. The van der Waals surface area contributed by atoms with Gasteiger partial charge in [-0.2, -0.15) is 0 Å². The maximum atomic E-state index is 11.8. The van der Waals surface area contributed by atoms with Crippen LogP contribution in [0, 0.1) is 13.8 Å². The zero-order chi connectivity index (χ0) is 12.0. The Labute approximate surface area is 97.4 Å². The minimum atomic E-state index is 0.0192. The van der Waals surface area contributed by atoms with Gasteiger partial charge in [-0.1, -0.05) is 24.3 Å². The first-order chi connectivity index (χ1) is 7.66. The van der Waals surface area contributed by atoms with E-state index >= 15 is 0 Å². The van der Waals surface area contributed by atoms with E-state index in [0.717, 1.165) is 23.1 Å². The second-order valence-corrected chi connectivity index (χ2v) is 3.86. The number of rotatable bonds is 4. The predicted molar refractivity (Wildman–Crippen MR) is 67.7 cm³/mol. The molecule has 0 aliphatic rings. The Kier molecular flexibility index (Phi) is 4.77. The summed E-state index contributed by atoms with van der Waals surface area (Å²) in [6, 6.07) is 5.81. The van der Waals surface area contributed by atoms with Crippen LogP contribution in [0.1, 0.15) is 34.8 Å². The van der Waals surface area contributed by atoms with Crippen LogP contribution in [0.5, 0.6) is 0 Å². The molecule has 2 heteroatoms. The van der Waals surface area contributed by atoms with E-state index in [1.807, 2.05) is 51.1 Å². The average Bonchev–Trinajstić information content (AvgIpc) is 2.28. The SMILES string of the molecule is C/C=C/CCNC(=O)c1cccc(C)c1C. The van der Waals surface area contributed by atoms with Gasteiger partial charge in [-0.15, -0.1) is 0 Å². The fourth-order valence-electron chi connectivity index (χ4n) is 1.53. The number of amides is 1. The Hall–Kier alpha value is -1.57. The van der Waals surface area contributed by atoms with Crippen molar-refractivity contribution in [2.75, 3.05) is 6.54 Å². The summed E-state index contributed by atoms with van der Waals surface area (Å²) in [5, 5.41) is 2.91. The molecule has 0 saturated carbocycles. The van der Waals surface area contributed by atoms with Gasteiger partial charge in [0, 0.05) is 12.1 Å². The zero-order valence-electron chi connectivity index (χ0n) is 10.2. The maximum absolute atomic E-state index is 11.8. The number of benzene rings is 1. The summed E-state index contributed by atoms with van der Waals surface area (Å²) in [6.07, 6.45) is 4.92. The Morgan fingerprint density at radius 3 is 2.81 bits per heavy atom. The highest BCUT2D eigenvalue weighted by molar-refractivity contribution is 5.95. The van der Waals surface area contributed by atoms with Crippen LogP contribution in [0.3, 0.4) is 0 Å². The average molecular weight is 217 g/mol. The molecule has 1 rings (SSSR count). The minimum Gasteiger partial charge on any atom is -0.352 e. The number of hydrogen-bond donors (Lipinski definition) is 1. The molecule has 0 radical (unpaired) electrons. The third kappa shape index (κ3) is 3.23. The van der Waals surface area contributed by atoms with Crippen molar-refractivity contribution in [1.29, 1.82) is 0 Å². The van der Waals surface area contributed by atoms with Crippen LogP contribution in [-0.2, 0) is 0 Å². The summed E-state index contributed by atoms with van der Waals surface area (Å²) < 4.78 is 0. The van der Waals surface area contributed by atoms with Crippen LogP contribution in [0.25, 0.3) is 0 Å². The van der Waals surface area contributed by atoms with Crippen LogP contribution in [0.15, 0.2) is 30.4 Å². The summed E-state index contributed by atoms with van der Waals surface area (Å²) in [5.41, 5.74) is 2.99. The van der Waals surface area contributed by atoms with Crippen molar-refractivity contribution in [3.63, 3.8) is 0 Å². The third-order valence-corrected chi connectivity index (χ3v) is 2.68. The summed E-state index contributed by atoms with van der Waals surface area (Å²) in [5.74, 6) is 0.0192. The van der Waals surface area contributed by atoms with E-state index in [-0.39, 0.29) is 5.91 Å². The number of hydrogen-bond acceptors (Lipinski definition) is 1. The van der Waals surface area contributed by atoms with Crippen LogP contribution < -0.4 is 5.32 Å². The van der Waals surface area contributed by atoms with Crippen LogP contribution in [0.4, 0.5) is 0 Å². The summed E-state index contributed by atoms with van der Waals surface area (Å²) in [6.45, 7) is 6.67. The first-order valence-electron chi connectivity index (χ1n) is 5.62. The fraction of sp³-hybridized carbons (Fsp3) is 0.357. The molecule has 0 heterocycles. The van der Waals surface area contributed by atoms with Gasteiger partial charge in [0.1, 0.15) is 0 Å². The van der Waals surface area contributed by atoms with Gasteiger partial charge in [0.2, 0.25) is 0 Å². The summed E-state index contributed by atoms with van der Waals surface area (Å²) in [4.78, 5) is 11.8. The second kappa shape index (κ2) is 6.11. The number of allylic oxidation sites excluding steroid dienone is 1. The maximum Gasteiger partial charge on any atom is 0.251 e. The van der Waals surface area contributed by atoms with E-state index in [1.165, 1.54) is 0 Å². The quantitative estimate of drug-likeness (QED) is 0.609. The van der Waals surface area contributed by atoms with Gasteiger partial charge in [0.15, 0.2) is 0 Å². The van der Waals surface area contributed by atoms with Gasteiger partial charge in [-0.25, -0.2) is 0 Å². The molecule has 16 heavy (non-hydrogen) atoms. The van der Waals surface area contributed by atoms with Crippen molar-refractivity contribution in [2.45, 2.75) is 27.2 Å². The van der Waals surface area contributed by atoms with E-state index < -0.39 is 0 Å². The molecule has 0 saturated heterocycles. The number of carbonyl (C=O) groups is 1.